The van der Waals surface area contributed by atoms with Crippen LogP contribution in [0.15, 0.2) is 12.1 Å². The Hall–Kier alpha value is -2.53. The van der Waals surface area contributed by atoms with E-state index in [0.29, 0.717) is 0 Å². The van der Waals surface area contributed by atoms with E-state index in [1.807, 2.05) is 27.7 Å². The SMILES string of the molecule is Cc1c(C)c(C)c(C2Oc3cc(O)cc(O)c3C(=O)C2OC(C)C)c(C)c1C. The number of carbonyl (C=O) groups excluding carboxylic acids is 1. The molecule has 0 radical (unpaired) electrons. The summed E-state index contributed by atoms with van der Waals surface area (Å²) >= 11 is 0. The van der Waals surface area contributed by atoms with E-state index in [1.165, 1.54) is 11.6 Å². The van der Waals surface area contributed by atoms with Crippen LogP contribution < -0.4 is 4.74 Å². The molecule has 28 heavy (non-hydrogen) atoms. The van der Waals surface area contributed by atoms with Crippen molar-refractivity contribution in [3.8, 4) is 17.2 Å². The van der Waals surface area contributed by atoms with E-state index in [9.17, 15) is 15.0 Å². The summed E-state index contributed by atoms with van der Waals surface area (Å²) in [5, 5.41) is 20.1. The maximum atomic E-state index is 13.3. The second-order valence-electron chi connectivity index (χ2n) is 7.88. The van der Waals surface area contributed by atoms with E-state index in [2.05, 4.69) is 20.8 Å². The van der Waals surface area contributed by atoms with Gasteiger partial charge in [-0.3, -0.25) is 4.79 Å². The van der Waals surface area contributed by atoms with Crippen molar-refractivity contribution in [2.24, 2.45) is 0 Å². The number of ketones is 1. The molecule has 1 aliphatic rings. The molecular formula is C23H28O5. The van der Waals surface area contributed by atoms with Crippen molar-refractivity contribution in [1.29, 1.82) is 0 Å². The summed E-state index contributed by atoms with van der Waals surface area (Å²) in [6.45, 7) is 14.0. The van der Waals surface area contributed by atoms with Crippen molar-refractivity contribution >= 4 is 5.78 Å². The van der Waals surface area contributed by atoms with Gasteiger partial charge in [0.15, 0.2) is 12.2 Å². The number of rotatable bonds is 3. The minimum absolute atomic E-state index is 0.0514. The molecule has 2 N–H and O–H groups in total. The van der Waals surface area contributed by atoms with Gasteiger partial charge in [0.25, 0.3) is 0 Å². The van der Waals surface area contributed by atoms with Gasteiger partial charge in [-0.1, -0.05) is 0 Å². The summed E-state index contributed by atoms with van der Waals surface area (Å²) in [5.74, 6) is -0.630. The molecule has 2 aromatic rings. The molecule has 1 aliphatic heterocycles. The average Bonchev–Trinajstić information content (AvgIpc) is 2.60. The molecule has 5 heteroatoms. The van der Waals surface area contributed by atoms with Gasteiger partial charge in [-0.15, -0.1) is 0 Å². The second-order valence-corrected chi connectivity index (χ2v) is 7.88. The third-order valence-corrected chi connectivity index (χ3v) is 5.86. The molecule has 3 rings (SSSR count). The van der Waals surface area contributed by atoms with Crippen molar-refractivity contribution in [2.45, 2.75) is 66.8 Å². The first kappa shape index (κ1) is 20.2. The maximum Gasteiger partial charge on any atom is 0.203 e. The Bertz CT molecular complexity index is 929. The Balaban J connectivity index is 2.26. The normalized spacial score (nSPS) is 18.9. The van der Waals surface area contributed by atoms with Gasteiger partial charge >= 0.3 is 0 Å². The van der Waals surface area contributed by atoms with Crippen molar-refractivity contribution in [3.63, 3.8) is 0 Å². The first-order chi connectivity index (χ1) is 13.0. The Morgan fingerprint density at radius 1 is 0.929 bits per heavy atom. The first-order valence-electron chi connectivity index (χ1n) is 9.53. The molecular weight excluding hydrogens is 356 g/mol. The fourth-order valence-corrected chi connectivity index (χ4v) is 4.00. The summed E-state index contributed by atoms with van der Waals surface area (Å²) < 4.78 is 12.2. The zero-order chi connectivity index (χ0) is 20.9. The van der Waals surface area contributed by atoms with Crippen molar-refractivity contribution < 1.29 is 24.5 Å². The Morgan fingerprint density at radius 2 is 1.46 bits per heavy atom. The summed E-state index contributed by atoms with van der Waals surface area (Å²) in [4.78, 5) is 13.3. The smallest absolute Gasteiger partial charge is 0.203 e. The quantitative estimate of drug-likeness (QED) is 0.799. The lowest BCUT2D eigenvalue weighted by molar-refractivity contribution is -0.0470. The highest BCUT2D eigenvalue weighted by Gasteiger charge is 2.43. The molecule has 0 aromatic heterocycles. The molecule has 0 saturated carbocycles. The van der Waals surface area contributed by atoms with Gasteiger partial charge in [0, 0.05) is 17.7 Å². The van der Waals surface area contributed by atoms with Crippen LogP contribution in [0.5, 0.6) is 17.2 Å². The zero-order valence-corrected chi connectivity index (χ0v) is 17.5. The molecule has 2 atom stereocenters. The van der Waals surface area contributed by atoms with Crippen LogP contribution in [0, 0.1) is 34.6 Å². The van der Waals surface area contributed by atoms with E-state index < -0.39 is 12.2 Å². The molecule has 0 bridgehead atoms. The number of phenols is 2. The van der Waals surface area contributed by atoms with Gasteiger partial charge in [-0.05, 0) is 76.3 Å². The van der Waals surface area contributed by atoms with Gasteiger partial charge < -0.3 is 19.7 Å². The molecule has 2 unspecified atom stereocenters. The van der Waals surface area contributed by atoms with Crippen molar-refractivity contribution in [3.05, 3.63) is 51.1 Å². The number of phenolic OH excluding ortho intramolecular Hbond substituents is 2. The van der Waals surface area contributed by atoms with Crippen LogP contribution in [-0.2, 0) is 4.74 Å². The monoisotopic (exact) mass is 384 g/mol. The number of hydrogen-bond acceptors (Lipinski definition) is 5. The Morgan fingerprint density at radius 3 is 2.00 bits per heavy atom. The van der Waals surface area contributed by atoms with Gasteiger partial charge in [0.1, 0.15) is 22.8 Å². The van der Waals surface area contributed by atoms with Crippen LogP contribution in [0.4, 0.5) is 0 Å². The molecule has 0 aliphatic carbocycles. The highest BCUT2D eigenvalue weighted by atomic mass is 16.6. The highest BCUT2D eigenvalue weighted by Crippen LogP contribution is 2.45. The number of Topliss-reactive ketones (excluding diaryl/α,β-unsaturated/α-hetero) is 1. The fourth-order valence-electron chi connectivity index (χ4n) is 4.00. The number of fused-ring (bicyclic) bond motifs is 1. The number of ether oxygens (including phenoxy) is 2. The van der Waals surface area contributed by atoms with E-state index >= 15 is 0 Å². The van der Waals surface area contributed by atoms with Gasteiger partial charge in [-0.25, -0.2) is 0 Å². The second kappa shape index (κ2) is 7.13. The lowest BCUT2D eigenvalue weighted by atomic mass is 9.83. The van der Waals surface area contributed by atoms with Gasteiger partial charge in [0.2, 0.25) is 5.78 Å². The largest absolute Gasteiger partial charge is 0.508 e. The fraction of sp³-hybridized carbons (Fsp3) is 0.435. The predicted molar refractivity (Wildman–Crippen MR) is 108 cm³/mol. The summed E-state index contributed by atoms with van der Waals surface area (Å²) in [7, 11) is 0. The Labute approximate surface area is 165 Å². The van der Waals surface area contributed by atoms with E-state index in [0.717, 1.165) is 33.9 Å². The molecule has 0 spiro atoms. The zero-order valence-electron chi connectivity index (χ0n) is 17.5. The standard InChI is InChI=1S/C23H28O5/c1-10(2)27-23-21(26)20-17(25)8-16(24)9-18(20)28-22(23)19-14(6)12(4)11(3)13(5)15(19)7/h8-10,22-25H,1-7H3. The van der Waals surface area contributed by atoms with Crippen LogP contribution in [0.2, 0.25) is 0 Å². The Kier molecular flexibility index (Phi) is 5.15. The minimum Gasteiger partial charge on any atom is -0.508 e. The molecule has 0 fully saturated rings. The van der Waals surface area contributed by atoms with Crippen molar-refractivity contribution in [2.75, 3.05) is 0 Å². The molecule has 0 amide bonds. The number of hydrogen-bond donors (Lipinski definition) is 2. The van der Waals surface area contributed by atoms with Gasteiger partial charge in [-0.2, -0.15) is 0 Å². The third-order valence-electron chi connectivity index (χ3n) is 5.86. The lowest BCUT2D eigenvalue weighted by Gasteiger charge is -2.36. The predicted octanol–water partition coefficient (Wildman–Crippen LogP) is 4.75. The summed E-state index contributed by atoms with van der Waals surface area (Å²) in [6, 6.07) is 2.51. The van der Waals surface area contributed by atoms with Crippen LogP contribution in [0.3, 0.4) is 0 Å². The summed E-state index contributed by atoms with van der Waals surface area (Å²) in [5.41, 5.74) is 6.62. The molecule has 5 nitrogen and oxygen atoms in total. The average molecular weight is 384 g/mol. The van der Waals surface area contributed by atoms with Crippen LogP contribution >= 0.6 is 0 Å². The minimum atomic E-state index is -0.887. The number of carbonyl (C=O) groups is 1. The van der Waals surface area contributed by atoms with Crippen LogP contribution in [-0.4, -0.2) is 28.2 Å². The van der Waals surface area contributed by atoms with Crippen molar-refractivity contribution in [1.82, 2.24) is 0 Å². The van der Waals surface area contributed by atoms with Gasteiger partial charge in [0.05, 0.1) is 6.10 Å². The number of benzene rings is 2. The molecule has 2 aromatic carbocycles. The van der Waals surface area contributed by atoms with Crippen LogP contribution in [0.1, 0.15) is 63.7 Å². The van der Waals surface area contributed by atoms with E-state index in [4.69, 9.17) is 9.47 Å². The molecule has 150 valence electrons. The molecule has 0 saturated heterocycles. The highest BCUT2D eigenvalue weighted by molar-refractivity contribution is 6.06. The van der Waals surface area contributed by atoms with Crippen LogP contribution in [0.25, 0.3) is 0 Å². The number of aromatic hydroxyl groups is 2. The third kappa shape index (κ3) is 3.14. The topological polar surface area (TPSA) is 76.0 Å². The maximum absolute atomic E-state index is 13.3. The van der Waals surface area contributed by atoms with E-state index in [-0.39, 0.29) is 34.7 Å². The lowest BCUT2D eigenvalue weighted by Crippen LogP contribution is -2.40. The molecule has 1 heterocycles. The van der Waals surface area contributed by atoms with E-state index in [1.54, 1.807) is 0 Å². The first-order valence-corrected chi connectivity index (χ1v) is 9.53. The summed E-state index contributed by atoms with van der Waals surface area (Å²) in [6.07, 6.45) is -1.75.